The number of aliphatic hydroxyl groups excluding tert-OH is 1. The molecular weight excluding hydrogens is 1020 g/mol. The van der Waals surface area contributed by atoms with Crippen LogP contribution in [0, 0.1) is 29.7 Å². The van der Waals surface area contributed by atoms with Crippen LogP contribution in [0.2, 0.25) is 0 Å². The highest BCUT2D eigenvalue weighted by Gasteiger charge is 2.85. The van der Waals surface area contributed by atoms with Crippen LogP contribution in [0.1, 0.15) is 145 Å². The van der Waals surface area contributed by atoms with Crippen LogP contribution in [0.15, 0.2) is 18.2 Å². The molecule has 4 rings (SSSR count). The first kappa shape index (κ1) is 61.6. The highest BCUT2D eigenvalue weighted by molar-refractivity contribution is 8.77. The maximum Gasteiger partial charge on any atom is 0.435 e. The van der Waals surface area contributed by atoms with E-state index in [2.05, 4.69) is 80.9 Å². The molecule has 9 nitrogen and oxygen atoms in total. The van der Waals surface area contributed by atoms with E-state index in [9.17, 15) is 39.5 Å². The Bertz CT molecular complexity index is 1780. The molecule has 1 N–H and O–H groups in total. The number of unbranched alkanes of at least 4 members (excludes halogenated alkanes) is 3. The van der Waals surface area contributed by atoms with Gasteiger partial charge in [-0.3, -0.25) is 0 Å². The second-order valence-electron chi connectivity index (χ2n) is 20.9. The minimum absolute atomic E-state index is 0.0326. The Morgan fingerprint density at radius 2 is 1.58 bits per heavy atom. The molecule has 7 unspecified atom stereocenters. The molecular formula is C51H83F9N3O6PS2. The van der Waals surface area contributed by atoms with Gasteiger partial charge < -0.3 is 38.1 Å². The second-order valence-corrected chi connectivity index (χ2v) is 25.5. The number of likely N-dealkylation sites (N-methyl/N-ethyl adjacent to an activating group) is 1. The van der Waals surface area contributed by atoms with E-state index in [1.807, 2.05) is 21.6 Å². The Hall–Kier alpha value is -1.27. The molecule has 21 heteroatoms. The van der Waals surface area contributed by atoms with Crippen molar-refractivity contribution in [3.05, 3.63) is 40.7 Å². The lowest BCUT2D eigenvalue weighted by Crippen LogP contribution is -2.68. The van der Waals surface area contributed by atoms with Crippen molar-refractivity contribution in [1.82, 2.24) is 9.57 Å². The first-order chi connectivity index (χ1) is 34.7. The van der Waals surface area contributed by atoms with E-state index in [0.29, 0.717) is 50.7 Å². The number of fused-ring (bicyclic) bond motifs is 5. The summed E-state index contributed by atoms with van der Waals surface area (Å²) in [4.78, 5) is 4.71. The Balaban J connectivity index is 0.00000713. The molecule has 0 aromatic heterocycles. The van der Waals surface area contributed by atoms with Crippen LogP contribution < -0.4 is 4.74 Å². The highest BCUT2D eigenvalue weighted by Crippen LogP contribution is 2.62. The summed E-state index contributed by atoms with van der Waals surface area (Å²) < 4.78 is 163. The lowest BCUT2D eigenvalue weighted by atomic mass is 9.55. The van der Waals surface area contributed by atoms with Gasteiger partial charge in [-0.2, -0.15) is 39.5 Å². The SMILES string of the molecule is [2H]OCC(CCCCCCSSC(C)(C)CCOc1ccc2c(c1)CCC1C2CCC2(C)C(OCCN(C)CCOC(C(F)(F)F)(C(F)(F)F)C(F)(F)F)CCC12)COP(OCC[N+]#[C-])N(C(C)C)C(C)C.[3H]C. The van der Waals surface area contributed by atoms with E-state index in [1.165, 1.54) is 30.5 Å². The van der Waals surface area contributed by atoms with Crippen LogP contribution >= 0.6 is 30.1 Å². The molecule has 2 saturated carbocycles. The Morgan fingerprint density at radius 3 is 2.22 bits per heavy atom. The highest BCUT2D eigenvalue weighted by atomic mass is 33.1. The van der Waals surface area contributed by atoms with E-state index in [0.717, 1.165) is 88.6 Å². The molecule has 0 bridgehead atoms. The normalized spacial score (nSPS) is 23.0. The van der Waals surface area contributed by atoms with Gasteiger partial charge in [-0.1, -0.05) is 61.2 Å². The molecule has 0 radical (unpaired) electrons. The second kappa shape index (κ2) is 28.9. The molecule has 3 aliphatic rings. The quantitative estimate of drug-likeness (QED) is 0.0248. The van der Waals surface area contributed by atoms with E-state index >= 15 is 0 Å². The minimum Gasteiger partial charge on any atom is -0.494 e. The molecule has 0 amide bonds. The van der Waals surface area contributed by atoms with Gasteiger partial charge in [-0.25, -0.2) is 11.2 Å². The molecule has 2 fully saturated rings. The van der Waals surface area contributed by atoms with Gasteiger partial charge >= 0.3 is 24.1 Å². The zero-order valence-corrected chi connectivity index (χ0v) is 46.3. The van der Waals surface area contributed by atoms with Crippen LogP contribution in [-0.2, 0) is 24.9 Å². The number of hydrogen-bond acceptors (Lipinski definition) is 10. The third kappa shape index (κ3) is 17.4. The minimum atomic E-state index is -6.75. The lowest BCUT2D eigenvalue weighted by Gasteiger charge is -2.50. The molecule has 7 atom stereocenters. The number of rotatable bonds is 32. The van der Waals surface area contributed by atoms with Crippen molar-refractivity contribution in [2.75, 3.05) is 72.1 Å². The van der Waals surface area contributed by atoms with Crippen molar-refractivity contribution in [2.24, 2.45) is 23.2 Å². The van der Waals surface area contributed by atoms with Crippen LogP contribution in [0.3, 0.4) is 0 Å². The maximum absolute atomic E-state index is 13.2. The van der Waals surface area contributed by atoms with Gasteiger partial charge in [0, 0.05) is 49.6 Å². The number of alkyl halides is 9. The van der Waals surface area contributed by atoms with Gasteiger partial charge in [0.15, 0.2) is 0 Å². The molecule has 1 aromatic rings. The summed E-state index contributed by atoms with van der Waals surface area (Å²) >= 11 is 0. The summed E-state index contributed by atoms with van der Waals surface area (Å²) in [6.07, 6.45) is -8.43. The fraction of sp³-hybridized carbons (Fsp3) is 0.863. The Kier molecular flexibility index (Phi) is 24.7. The third-order valence-electron chi connectivity index (χ3n) is 14.5. The molecule has 418 valence electrons. The van der Waals surface area contributed by atoms with Gasteiger partial charge in [0.1, 0.15) is 12.4 Å². The summed E-state index contributed by atoms with van der Waals surface area (Å²) in [5.74, 6) is 3.36. The molecule has 1 aromatic carbocycles. The van der Waals surface area contributed by atoms with Gasteiger partial charge in [-0.15, -0.1) is 0 Å². The number of aliphatic hydroxyl groups is 1. The third-order valence-corrected chi connectivity index (χ3v) is 20.1. The van der Waals surface area contributed by atoms with Crippen LogP contribution in [0.25, 0.3) is 4.85 Å². The maximum atomic E-state index is 13.2. The standard InChI is InChI=1S/C50H79F9N3O6PS2.CH4/c1-35(2)62(36(3)4)69(67-28-24-60-8)68-34-37(33-63)14-12-10-11-13-31-70-71-45(5,6)23-27-64-39-16-18-40-38(32-39)15-17-42-41(40)21-22-46(7)43(42)19-20-44(46)65-29-25-61(9)26-30-66-47(48(51,52)53,49(54,55)56)50(57,58)59;/h16,18,32,35-37,41-44,63H,10-15,17,19-31,33-34H2,1-7,9H3;1H4/i63D;1T. The average Bonchev–Trinajstić information content (AvgIpc) is 3.64. The summed E-state index contributed by atoms with van der Waals surface area (Å²) in [6, 6.07) is 6.99. The largest absolute Gasteiger partial charge is 0.494 e. The number of hydrogen-bond donors (Lipinski definition) is 1. The van der Waals surface area contributed by atoms with Crippen molar-refractivity contribution in [1.29, 1.82) is 1.43 Å². The number of benzene rings is 1. The van der Waals surface area contributed by atoms with Crippen molar-refractivity contribution < 1.29 is 69.3 Å². The van der Waals surface area contributed by atoms with Crippen molar-refractivity contribution in [2.45, 2.75) is 186 Å². The van der Waals surface area contributed by atoms with E-state index < -0.39 is 45.8 Å². The fourth-order valence-electron chi connectivity index (χ4n) is 10.7. The summed E-state index contributed by atoms with van der Waals surface area (Å²) in [5.41, 5.74) is -3.67. The monoisotopic (exact) mass is 1100 g/mol. The molecule has 0 spiro atoms. The number of ether oxygens (including phenoxy) is 3. The van der Waals surface area contributed by atoms with E-state index in [4.69, 9.17) is 33.0 Å². The summed E-state index contributed by atoms with van der Waals surface area (Å²) in [7, 11) is 5.13. The lowest BCUT2D eigenvalue weighted by molar-refractivity contribution is -0.457. The molecule has 0 saturated heterocycles. The number of nitrogens with zero attached hydrogens (tertiary/aromatic N) is 3. The van der Waals surface area contributed by atoms with Crippen LogP contribution in [0.5, 0.6) is 5.75 Å². The van der Waals surface area contributed by atoms with Gasteiger partial charge in [-0.05, 0) is 153 Å². The predicted molar refractivity (Wildman–Crippen MR) is 272 cm³/mol. The van der Waals surface area contributed by atoms with Crippen molar-refractivity contribution in [3.8, 4) is 5.75 Å². The fourth-order valence-corrected chi connectivity index (χ4v) is 15.1. The van der Waals surface area contributed by atoms with E-state index in [-0.39, 0.29) is 47.4 Å². The topological polar surface area (TPSA) is 77.2 Å². The zero-order valence-electron chi connectivity index (χ0n) is 45.8. The first-order valence-corrected chi connectivity index (χ1v) is 28.6. The number of halogens is 9. The average molecular weight is 1100 g/mol. The molecule has 0 aliphatic heterocycles. The predicted octanol–water partition coefficient (Wildman–Crippen LogP) is 14.7. The van der Waals surface area contributed by atoms with Crippen LogP contribution in [-0.4, -0.2) is 135 Å². The Morgan fingerprint density at radius 1 is 0.917 bits per heavy atom. The Labute approximate surface area is 436 Å². The summed E-state index contributed by atoms with van der Waals surface area (Å²) in [5, 5.41) is 4.79. The van der Waals surface area contributed by atoms with Gasteiger partial charge in [0.2, 0.25) is 7.98 Å². The molecule has 72 heavy (non-hydrogen) atoms. The van der Waals surface area contributed by atoms with Crippen LogP contribution in [0.4, 0.5) is 39.5 Å². The van der Waals surface area contributed by atoms with Gasteiger partial charge in [0.25, 0.3) is 8.53 Å². The van der Waals surface area contributed by atoms with Crippen molar-refractivity contribution >= 4 is 30.1 Å². The molecule has 0 heterocycles. The van der Waals surface area contributed by atoms with E-state index in [1.54, 1.807) is 0 Å². The molecule has 3 aliphatic carbocycles. The first-order valence-electron chi connectivity index (χ1n) is 26.6. The summed E-state index contributed by atoms with van der Waals surface area (Å²) in [6.45, 7) is 22.5. The smallest absolute Gasteiger partial charge is 0.435 e. The zero-order chi connectivity index (χ0) is 55.5. The van der Waals surface area contributed by atoms with Crippen molar-refractivity contribution in [3.63, 3.8) is 0 Å². The van der Waals surface area contributed by atoms with Gasteiger partial charge in [0.05, 0.1) is 32.5 Å². The number of aryl methyl sites for hydroxylation is 1.